The van der Waals surface area contributed by atoms with Crippen LogP contribution in [0.3, 0.4) is 0 Å². The van der Waals surface area contributed by atoms with Gasteiger partial charge in [-0.05, 0) is 62.3 Å². The Morgan fingerprint density at radius 2 is 1.46 bits per heavy atom. The first-order valence-electron chi connectivity index (χ1n) is 9.05. The van der Waals surface area contributed by atoms with Gasteiger partial charge in [0.15, 0.2) is 0 Å². The molecular formula is C20H20N6. The average molecular weight is 344 g/mol. The van der Waals surface area contributed by atoms with Gasteiger partial charge in [0.1, 0.15) is 11.0 Å². The van der Waals surface area contributed by atoms with Gasteiger partial charge in [-0.25, -0.2) is 9.97 Å². The molecule has 5 heterocycles. The molecule has 0 unspecified atom stereocenters. The van der Waals surface area contributed by atoms with Crippen molar-refractivity contribution < 1.29 is 0 Å². The Morgan fingerprint density at radius 3 is 2.27 bits per heavy atom. The Hall–Kier alpha value is -2.86. The summed E-state index contributed by atoms with van der Waals surface area (Å²) < 4.78 is 1.78. The number of hydrogen-bond donors (Lipinski definition) is 1. The van der Waals surface area contributed by atoms with Gasteiger partial charge in [0.05, 0.1) is 28.6 Å². The second kappa shape index (κ2) is 6.14. The number of pyridine rings is 3. The number of fused-ring (bicyclic) bond motifs is 2. The Morgan fingerprint density at radius 1 is 0.808 bits per heavy atom. The molecule has 1 saturated heterocycles. The molecule has 0 spiro atoms. The molecule has 0 saturated carbocycles. The first-order valence-corrected chi connectivity index (χ1v) is 9.05. The lowest BCUT2D eigenvalue weighted by Gasteiger charge is -2.22. The summed E-state index contributed by atoms with van der Waals surface area (Å²) in [4.78, 5) is 14.3. The molecule has 26 heavy (non-hydrogen) atoms. The van der Waals surface area contributed by atoms with E-state index in [2.05, 4.69) is 28.6 Å². The molecule has 5 rings (SSSR count). The largest absolute Gasteiger partial charge is 0.317 e. The Balaban J connectivity index is 1.52. The van der Waals surface area contributed by atoms with Crippen LogP contribution in [0.5, 0.6) is 0 Å². The molecule has 1 aliphatic rings. The van der Waals surface area contributed by atoms with Crippen molar-refractivity contribution in [2.24, 2.45) is 7.05 Å². The minimum absolute atomic E-state index is 0.551. The van der Waals surface area contributed by atoms with Gasteiger partial charge in [-0.3, -0.25) is 9.67 Å². The fourth-order valence-electron chi connectivity index (χ4n) is 3.68. The number of aryl methyl sites for hydroxylation is 1. The maximum absolute atomic E-state index is 4.86. The van der Waals surface area contributed by atoms with Crippen LogP contribution in [0.4, 0.5) is 0 Å². The van der Waals surface area contributed by atoms with Gasteiger partial charge in [0.25, 0.3) is 0 Å². The van der Waals surface area contributed by atoms with Crippen LogP contribution < -0.4 is 5.32 Å². The van der Waals surface area contributed by atoms with E-state index < -0.39 is 0 Å². The standard InChI is InChI=1S/C20H20N6/c1-26-12-20-19(25-26)7-6-18(24-20)17-5-4-15-16(23-17)3-2-14(22-15)13-8-10-21-11-9-13/h2-7,12-13,21H,8-11H2,1H3. The Labute approximate surface area is 151 Å². The predicted octanol–water partition coefficient (Wildman–Crippen LogP) is 3.05. The van der Waals surface area contributed by atoms with Crippen LogP contribution in [0.1, 0.15) is 24.5 Å². The molecule has 1 fully saturated rings. The van der Waals surface area contributed by atoms with Gasteiger partial charge in [-0.1, -0.05) is 0 Å². The summed E-state index contributed by atoms with van der Waals surface area (Å²) in [5.41, 5.74) is 6.54. The number of piperidine rings is 1. The number of hydrogen-bond acceptors (Lipinski definition) is 5. The van der Waals surface area contributed by atoms with Crippen molar-refractivity contribution in [3.63, 3.8) is 0 Å². The third-order valence-corrected chi connectivity index (χ3v) is 5.06. The van der Waals surface area contributed by atoms with Crippen molar-refractivity contribution in [1.29, 1.82) is 0 Å². The van der Waals surface area contributed by atoms with Crippen LogP contribution in [0.2, 0.25) is 0 Å². The van der Waals surface area contributed by atoms with E-state index in [4.69, 9.17) is 15.0 Å². The zero-order valence-corrected chi connectivity index (χ0v) is 14.7. The van der Waals surface area contributed by atoms with Crippen molar-refractivity contribution in [3.05, 3.63) is 48.3 Å². The molecule has 0 radical (unpaired) electrons. The van der Waals surface area contributed by atoms with Gasteiger partial charge in [0.2, 0.25) is 0 Å². The van der Waals surface area contributed by atoms with Gasteiger partial charge in [0, 0.05) is 18.7 Å². The zero-order valence-electron chi connectivity index (χ0n) is 14.7. The molecule has 6 nitrogen and oxygen atoms in total. The molecule has 0 amide bonds. The normalized spacial score (nSPS) is 15.7. The lowest BCUT2D eigenvalue weighted by Crippen LogP contribution is -2.27. The number of rotatable bonds is 2. The van der Waals surface area contributed by atoms with Gasteiger partial charge in [-0.15, -0.1) is 0 Å². The third-order valence-electron chi connectivity index (χ3n) is 5.06. The highest BCUT2D eigenvalue weighted by atomic mass is 15.3. The molecule has 0 bridgehead atoms. The Kier molecular flexibility index (Phi) is 3.64. The highest BCUT2D eigenvalue weighted by Gasteiger charge is 2.17. The SMILES string of the molecule is Cn1cc2nc(-c3ccc4nc(C5CCNCC5)ccc4n3)ccc2n1. The molecule has 0 aromatic carbocycles. The molecular weight excluding hydrogens is 324 g/mol. The summed E-state index contributed by atoms with van der Waals surface area (Å²) in [6.07, 6.45) is 4.23. The molecule has 130 valence electrons. The minimum Gasteiger partial charge on any atom is -0.317 e. The van der Waals surface area contributed by atoms with E-state index in [9.17, 15) is 0 Å². The van der Waals surface area contributed by atoms with Crippen LogP contribution in [-0.4, -0.2) is 37.8 Å². The van der Waals surface area contributed by atoms with E-state index in [1.165, 1.54) is 5.69 Å². The van der Waals surface area contributed by atoms with Crippen molar-refractivity contribution >= 4 is 22.1 Å². The van der Waals surface area contributed by atoms with E-state index in [0.29, 0.717) is 5.92 Å². The minimum atomic E-state index is 0.551. The maximum Gasteiger partial charge on any atom is 0.111 e. The summed E-state index contributed by atoms with van der Waals surface area (Å²) in [5, 5.41) is 7.78. The lowest BCUT2D eigenvalue weighted by molar-refractivity contribution is 0.454. The predicted molar refractivity (Wildman–Crippen MR) is 102 cm³/mol. The lowest BCUT2D eigenvalue weighted by atomic mass is 9.94. The van der Waals surface area contributed by atoms with Crippen molar-refractivity contribution in [2.45, 2.75) is 18.8 Å². The zero-order chi connectivity index (χ0) is 17.5. The van der Waals surface area contributed by atoms with Gasteiger partial charge < -0.3 is 5.32 Å². The summed E-state index contributed by atoms with van der Waals surface area (Å²) >= 11 is 0. The number of nitrogens with one attached hydrogen (secondary N) is 1. The number of aromatic nitrogens is 5. The van der Waals surface area contributed by atoms with E-state index in [1.807, 2.05) is 31.4 Å². The topological polar surface area (TPSA) is 68.5 Å². The van der Waals surface area contributed by atoms with E-state index in [-0.39, 0.29) is 0 Å². The molecule has 1 N–H and O–H groups in total. The van der Waals surface area contributed by atoms with Crippen LogP contribution in [0.25, 0.3) is 33.5 Å². The van der Waals surface area contributed by atoms with Crippen LogP contribution in [0.15, 0.2) is 42.6 Å². The quantitative estimate of drug-likeness (QED) is 0.605. The highest BCUT2D eigenvalue weighted by molar-refractivity contribution is 5.80. The highest BCUT2D eigenvalue weighted by Crippen LogP contribution is 2.26. The molecule has 0 aliphatic carbocycles. The van der Waals surface area contributed by atoms with Crippen LogP contribution in [0, 0.1) is 0 Å². The van der Waals surface area contributed by atoms with Crippen LogP contribution >= 0.6 is 0 Å². The first kappa shape index (κ1) is 15.4. The smallest absolute Gasteiger partial charge is 0.111 e. The summed E-state index contributed by atoms with van der Waals surface area (Å²) in [7, 11) is 1.90. The third kappa shape index (κ3) is 2.72. The molecule has 1 aliphatic heterocycles. The summed E-state index contributed by atoms with van der Waals surface area (Å²) in [6, 6.07) is 12.2. The fourth-order valence-corrected chi connectivity index (χ4v) is 3.68. The monoisotopic (exact) mass is 344 g/mol. The van der Waals surface area contributed by atoms with E-state index >= 15 is 0 Å². The van der Waals surface area contributed by atoms with Crippen molar-refractivity contribution in [2.75, 3.05) is 13.1 Å². The molecule has 4 aromatic rings. The summed E-state index contributed by atoms with van der Waals surface area (Å²) in [5.74, 6) is 0.551. The average Bonchev–Trinajstić information content (AvgIpc) is 3.07. The second-order valence-electron chi connectivity index (χ2n) is 6.90. The second-order valence-corrected chi connectivity index (χ2v) is 6.90. The summed E-state index contributed by atoms with van der Waals surface area (Å²) in [6.45, 7) is 2.15. The molecule has 0 atom stereocenters. The van der Waals surface area contributed by atoms with Crippen molar-refractivity contribution in [1.82, 2.24) is 30.0 Å². The number of nitrogens with zero attached hydrogens (tertiary/aromatic N) is 5. The van der Waals surface area contributed by atoms with Gasteiger partial charge >= 0.3 is 0 Å². The maximum atomic E-state index is 4.86. The Bertz CT molecular complexity index is 1090. The van der Waals surface area contributed by atoms with Gasteiger partial charge in [-0.2, -0.15) is 5.10 Å². The fraction of sp³-hybridized carbons (Fsp3) is 0.300. The molecule has 4 aromatic heterocycles. The van der Waals surface area contributed by atoms with Crippen molar-refractivity contribution in [3.8, 4) is 11.4 Å². The molecule has 6 heteroatoms. The van der Waals surface area contributed by atoms with Crippen LogP contribution in [-0.2, 0) is 7.05 Å². The van der Waals surface area contributed by atoms with E-state index in [1.54, 1.807) is 4.68 Å². The first-order chi connectivity index (χ1) is 12.8. The van der Waals surface area contributed by atoms with E-state index in [0.717, 1.165) is 59.4 Å².